The fourth-order valence-corrected chi connectivity index (χ4v) is 2.70. The Balaban J connectivity index is 2.20. The van der Waals surface area contributed by atoms with Crippen LogP contribution in [0.25, 0.3) is 0 Å². The van der Waals surface area contributed by atoms with Gasteiger partial charge in [-0.2, -0.15) is 0 Å². The minimum absolute atomic E-state index is 0.0511. The zero-order valence-electron chi connectivity index (χ0n) is 12.4. The number of carbonyl (C=O) groups is 1. The summed E-state index contributed by atoms with van der Waals surface area (Å²) in [6, 6.07) is 4.63. The standard InChI is InChI=1S/C15H20ClNO4/c1-15(2)9-17(8-11(7-16)21-15)14(19)10-4-5-13(20-3)12(18)6-10/h4-6,11,18H,7-9H2,1-3H3. The first-order valence-electron chi connectivity index (χ1n) is 6.76. The second-order valence-electron chi connectivity index (χ2n) is 5.73. The minimum atomic E-state index is -0.442. The Morgan fingerprint density at radius 2 is 2.29 bits per heavy atom. The highest BCUT2D eigenvalue weighted by atomic mass is 35.5. The van der Waals surface area contributed by atoms with E-state index in [1.54, 1.807) is 17.0 Å². The van der Waals surface area contributed by atoms with E-state index < -0.39 is 5.60 Å². The van der Waals surface area contributed by atoms with Crippen molar-refractivity contribution in [3.63, 3.8) is 0 Å². The van der Waals surface area contributed by atoms with Gasteiger partial charge in [0.2, 0.25) is 0 Å². The van der Waals surface area contributed by atoms with E-state index in [1.807, 2.05) is 13.8 Å². The summed E-state index contributed by atoms with van der Waals surface area (Å²) in [5.41, 5.74) is -0.0264. The van der Waals surface area contributed by atoms with E-state index in [2.05, 4.69) is 0 Å². The number of phenols is 1. The van der Waals surface area contributed by atoms with Crippen LogP contribution in [0.2, 0.25) is 0 Å². The highest BCUT2D eigenvalue weighted by Crippen LogP contribution is 2.28. The zero-order chi connectivity index (χ0) is 15.6. The predicted octanol–water partition coefficient (Wildman–Crippen LogP) is 2.26. The lowest BCUT2D eigenvalue weighted by Gasteiger charge is -2.42. The van der Waals surface area contributed by atoms with Crippen molar-refractivity contribution in [2.45, 2.75) is 25.6 Å². The van der Waals surface area contributed by atoms with Crippen LogP contribution in [-0.2, 0) is 4.74 Å². The Hall–Kier alpha value is -1.46. The van der Waals surface area contributed by atoms with Crippen LogP contribution in [0.4, 0.5) is 0 Å². The summed E-state index contributed by atoms with van der Waals surface area (Å²) in [6.07, 6.45) is -0.189. The molecule has 0 saturated carbocycles. The van der Waals surface area contributed by atoms with Gasteiger partial charge in [0.15, 0.2) is 11.5 Å². The first-order valence-corrected chi connectivity index (χ1v) is 7.30. The van der Waals surface area contributed by atoms with Crippen molar-refractivity contribution in [3.05, 3.63) is 23.8 Å². The lowest BCUT2D eigenvalue weighted by Crippen LogP contribution is -2.55. The summed E-state index contributed by atoms with van der Waals surface area (Å²) in [4.78, 5) is 14.3. The number of alkyl halides is 1. The summed E-state index contributed by atoms with van der Waals surface area (Å²) in [5, 5.41) is 9.80. The molecule has 1 unspecified atom stereocenters. The number of halogens is 1. The third-order valence-corrected chi connectivity index (χ3v) is 3.71. The number of phenolic OH excluding ortho intramolecular Hbond substituents is 1. The van der Waals surface area contributed by atoms with Gasteiger partial charge in [-0.1, -0.05) is 0 Å². The molecule has 1 aromatic rings. The van der Waals surface area contributed by atoms with Crippen LogP contribution in [0.3, 0.4) is 0 Å². The molecule has 0 radical (unpaired) electrons. The lowest BCUT2D eigenvalue weighted by molar-refractivity contribution is -0.117. The van der Waals surface area contributed by atoms with Crippen molar-refractivity contribution >= 4 is 17.5 Å². The third kappa shape index (κ3) is 3.60. The van der Waals surface area contributed by atoms with Gasteiger partial charge in [-0.3, -0.25) is 4.79 Å². The quantitative estimate of drug-likeness (QED) is 0.870. The first-order chi connectivity index (χ1) is 9.86. The number of aromatic hydroxyl groups is 1. The van der Waals surface area contributed by atoms with Gasteiger partial charge in [-0.05, 0) is 32.0 Å². The fraction of sp³-hybridized carbons (Fsp3) is 0.533. The molecule has 1 fully saturated rings. The van der Waals surface area contributed by atoms with Crippen LogP contribution >= 0.6 is 11.6 Å². The first kappa shape index (κ1) is 15.9. The maximum absolute atomic E-state index is 12.6. The number of nitrogens with zero attached hydrogens (tertiary/aromatic N) is 1. The average Bonchev–Trinajstić information content (AvgIpc) is 2.44. The van der Waals surface area contributed by atoms with Crippen LogP contribution < -0.4 is 4.74 Å². The molecule has 0 aliphatic carbocycles. The van der Waals surface area contributed by atoms with E-state index in [0.717, 1.165) is 0 Å². The Labute approximate surface area is 129 Å². The summed E-state index contributed by atoms with van der Waals surface area (Å²) in [6.45, 7) is 4.78. The van der Waals surface area contributed by atoms with E-state index in [-0.39, 0.29) is 17.8 Å². The van der Waals surface area contributed by atoms with Crippen LogP contribution in [0, 0.1) is 0 Å². The number of benzene rings is 1. The number of hydrogen-bond acceptors (Lipinski definition) is 4. The van der Waals surface area contributed by atoms with Crippen LogP contribution in [0.1, 0.15) is 24.2 Å². The predicted molar refractivity (Wildman–Crippen MR) is 80.2 cm³/mol. The zero-order valence-corrected chi connectivity index (χ0v) is 13.2. The third-order valence-electron chi connectivity index (χ3n) is 3.37. The van der Waals surface area contributed by atoms with Gasteiger partial charge in [0.25, 0.3) is 5.91 Å². The van der Waals surface area contributed by atoms with Crippen molar-refractivity contribution < 1.29 is 19.4 Å². The lowest BCUT2D eigenvalue weighted by atomic mass is 10.0. The van der Waals surface area contributed by atoms with Gasteiger partial charge < -0.3 is 19.5 Å². The second-order valence-corrected chi connectivity index (χ2v) is 6.03. The maximum Gasteiger partial charge on any atom is 0.254 e. The van der Waals surface area contributed by atoms with E-state index in [9.17, 15) is 9.90 Å². The average molecular weight is 314 g/mol. The minimum Gasteiger partial charge on any atom is -0.504 e. The Morgan fingerprint density at radius 1 is 1.57 bits per heavy atom. The van der Waals surface area contributed by atoms with Crippen molar-refractivity contribution in [3.8, 4) is 11.5 Å². The maximum atomic E-state index is 12.6. The van der Waals surface area contributed by atoms with Gasteiger partial charge in [0.05, 0.1) is 24.7 Å². The molecule has 5 nitrogen and oxygen atoms in total. The van der Waals surface area contributed by atoms with E-state index in [0.29, 0.717) is 30.3 Å². The second kappa shape index (κ2) is 6.12. The Bertz CT molecular complexity index is 532. The van der Waals surface area contributed by atoms with Gasteiger partial charge in [0, 0.05) is 18.7 Å². The van der Waals surface area contributed by atoms with Crippen molar-refractivity contribution in [2.75, 3.05) is 26.1 Å². The molecular formula is C15H20ClNO4. The number of carbonyl (C=O) groups excluding carboxylic acids is 1. The number of amides is 1. The fourth-order valence-electron chi connectivity index (χ4n) is 2.54. The summed E-state index contributed by atoms with van der Waals surface area (Å²) in [5.74, 6) is 0.470. The SMILES string of the molecule is COc1ccc(C(=O)N2CC(CCl)OC(C)(C)C2)cc1O. The number of rotatable bonds is 3. The molecule has 0 bridgehead atoms. The van der Waals surface area contributed by atoms with Crippen molar-refractivity contribution in [2.24, 2.45) is 0 Å². The number of hydrogen-bond donors (Lipinski definition) is 1. The largest absolute Gasteiger partial charge is 0.504 e. The molecule has 0 spiro atoms. The van der Waals surface area contributed by atoms with E-state index in [4.69, 9.17) is 21.1 Å². The molecule has 1 aliphatic rings. The molecule has 1 aliphatic heterocycles. The normalized spacial score (nSPS) is 21.1. The molecule has 1 N–H and O–H groups in total. The molecule has 6 heteroatoms. The molecule has 1 aromatic carbocycles. The molecule has 2 rings (SSSR count). The van der Waals surface area contributed by atoms with Crippen molar-refractivity contribution in [1.29, 1.82) is 0 Å². The number of methoxy groups -OCH3 is 1. The molecule has 116 valence electrons. The molecule has 0 aromatic heterocycles. The molecule has 1 saturated heterocycles. The monoisotopic (exact) mass is 313 g/mol. The van der Waals surface area contributed by atoms with Gasteiger partial charge in [0.1, 0.15) is 0 Å². The Kier molecular flexibility index (Phi) is 4.64. The summed E-state index contributed by atoms with van der Waals surface area (Å²) in [7, 11) is 1.46. The van der Waals surface area contributed by atoms with Gasteiger partial charge in [-0.25, -0.2) is 0 Å². The van der Waals surface area contributed by atoms with Gasteiger partial charge in [-0.15, -0.1) is 11.6 Å². The molecule has 1 heterocycles. The molecule has 21 heavy (non-hydrogen) atoms. The van der Waals surface area contributed by atoms with Crippen LogP contribution in [0.5, 0.6) is 11.5 Å². The van der Waals surface area contributed by atoms with E-state index in [1.165, 1.54) is 13.2 Å². The highest BCUT2D eigenvalue weighted by molar-refractivity contribution is 6.18. The Morgan fingerprint density at radius 3 is 2.86 bits per heavy atom. The van der Waals surface area contributed by atoms with Crippen LogP contribution in [0.15, 0.2) is 18.2 Å². The van der Waals surface area contributed by atoms with Crippen LogP contribution in [-0.4, -0.2) is 53.7 Å². The number of ether oxygens (including phenoxy) is 2. The smallest absolute Gasteiger partial charge is 0.254 e. The van der Waals surface area contributed by atoms with Gasteiger partial charge >= 0.3 is 0 Å². The molecular weight excluding hydrogens is 294 g/mol. The van der Waals surface area contributed by atoms with Crippen molar-refractivity contribution in [1.82, 2.24) is 4.90 Å². The number of morpholine rings is 1. The molecule has 1 amide bonds. The summed E-state index contributed by atoms with van der Waals surface area (Å²) < 4.78 is 10.8. The highest BCUT2D eigenvalue weighted by Gasteiger charge is 2.35. The topological polar surface area (TPSA) is 59.0 Å². The molecule has 1 atom stereocenters. The van der Waals surface area contributed by atoms with E-state index >= 15 is 0 Å². The summed E-state index contributed by atoms with van der Waals surface area (Å²) >= 11 is 5.87.